The average molecular weight is 285 g/mol. The highest BCUT2D eigenvalue weighted by atomic mass is 16.5. The molecule has 0 fully saturated rings. The van der Waals surface area contributed by atoms with Crippen molar-refractivity contribution in [1.82, 2.24) is 0 Å². The molecule has 112 valence electrons. The van der Waals surface area contributed by atoms with Crippen LogP contribution in [0.25, 0.3) is 0 Å². The number of rotatable bonds is 6. The van der Waals surface area contributed by atoms with Gasteiger partial charge >= 0.3 is 0 Å². The fourth-order valence-electron chi connectivity index (χ4n) is 2.34. The Bertz CT molecular complexity index is 578. The zero-order valence-corrected chi connectivity index (χ0v) is 13.1. The summed E-state index contributed by atoms with van der Waals surface area (Å²) >= 11 is 0. The zero-order chi connectivity index (χ0) is 15.2. The summed E-state index contributed by atoms with van der Waals surface area (Å²) in [6.45, 7) is 4.27. The second-order valence-corrected chi connectivity index (χ2v) is 5.02. The molecule has 3 nitrogen and oxygen atoms in total. The molecule has 0 aliphatic rings. The molecule has 2 aromatic rings. The van der Waals surface area contributed by atoms with Crippen LogP contribution >= 0.6 is 0 Å². The Hall–Kier alpha value is -2.16. The van der Waals surface area contributed by atoms with Crippen LogP contribution in [0.3, 0.4) is 0 Å². The SMILES string of the molecule is CCc1ccc(NC(C)c2cc(OC)ccc2OC)cc1. The van der Waals surface area contributed by atoms with Gasteiger partial charge in [0.1, 0.15) is 11.5 Å². The summed E-state index contributed by atoms with van der Waals surface area (Å²) in [4.78, 5) is 0. The molecule has 0 aliphatic heterocycles. The van der Waals surface area contributed by atoms with Crippen LogP contribution in [-0.2, 0) is 6.42 Å². The smallest absolute Gasteiger partial charge is 0.124 e. The fraction of sp³-hybridized carbons (Fsp3) is 0.333. The maximum absolute atomic E-state index is 5.44. The maximum Gasteiger partial charge on any atom is 0.124 e. The Morgan fingerprint density at radius 2 is 1.71 bits per heavy atom. The van der Waals surface area contributed by atoms with Crippen LogP contribution in [0.5, 0.6) is 11.5 Å². The number of ether oxygens (including phenoxy) is 2. The lowest BCUT2D eigenvalue weighted by Gasteiger charge is -2.19. The Kier molecular flexibility index (Phi) is 5.09. The molecule has 0 aromatic heterocycles. The third-order valence-corrected chi connectivity index (χ3v) is 3.65. The van der Waals surface area contributed by atoms with E-state index in [1.165, 1.54) is 5.56 Å². The first-order valence-electron chi connectivity index (χ1n) is 7.25. The monoisotopic (exact) mass is 285 g/mol. The third kappa shape index (κ3) is 3.69. The average Bonchev–Trinajstić information content (AvgIpc) is 2.54. The molecule has 2 rings (SSSR count). The molecule has 0 aliphatic carbocycles. The molecule has 1 N–H and O–H groups in total. The van der Waals surface area contributed by atoms with Crippen molar-refractivity contribution in [3.05, 3.63) is 53.6 Å². The zero-order valence-electron chi connectivity index (χ0n) is 13.1. The first-order chi connectivity index (χ1) is 10.2. The highest BCUT2D eigenvalue weighted by molar-refractivity contribution is 5.50. The van der Waals surface area contributed by atoms with E-state index < -0.39 is 0 Å². The minimum Gasteiger partial charge on any atom is -0.497 e. The number of hydrogen-bond donors (Lipinski definition) is 1. The molecular weight excluding hydrogens is 262 g/mol. The minimum absolute atomic E-state index is 0.127. The van der Waals surface area contributed by atoms with E-state index in [4.69, 9.17) is 9.47 Å². The van der Waals surface area contributed by atoms with E-state index in [2.05, 4.69) is 43.4 Å². The van der Waals surface area contributed by atoms with Crippen molar-refractivity contribution in [1.29, 1.82) is 0 Å². The van der Waals surface area contributed by atoms with Gasteiger partial charge in [0.15, 0.2) is 0 Å². The van der Waals surface area contributed by atoms with Gasteiger partial charge in [-0.25, -0.2) is 0 Å². The predicted octanol–water partition coefficient (Wildman–Crippen LogP) is 4.44. The van der Waals surface area contributed by atoms with Crippen LogP contribution in [0, 0.1) is 0 Å². The molecular formula is C18H23NO2. The lowest BCUT2D eigenvalue weighted by Crippen LogP contribution is -2.08. The molecule has 0 saturated carbocycles. The summed E-state index contributed by atoms with van der Waals surface area (Å²) in [5.41, 5.74) is 3.52. The molecule has 1 unspecified atom stereocenters. The van der Waals surface area contributed by atoms with Crippen LogP contribution in [0.2, 0.25) is 0 Å². The van der Waals surface area contributed by atoms with Crippen molar-refractivity contribution >= 4 is 5.69 Å². The van der Waals surface area contributed by atoms with Gasteiger partial charge in [-0.15, -0.1) is 0 Å². The molecule has 1 atom stereocenters. The van der Waals surface area contributed by atoms with Gasteiger partial charge in [-0.05, 0) is 49.2 Å². The van der Waals surface area contributed by atoms with E-state index in [-0.39, 0.29) is 6.04 Å². The largest absolute Gasteiger partial charge is 0.497 e. The molecule has 2 aromatic carbocycles. The number of nitrogens with one attached hydrogen (secondary N) is 1. The number of anilines is 1. The van der Waals surface area contributed by atoms with Crippen LogP contribution < -0.4 is 14.8 Å². The highest BCUT2D eigenvalue weighted by Gasteiger charge is 2.12. The third-order valence-electron chi connectivity index (χ3n) is 3.65. The summed E-state index contributed by atoms with van der Waals surface area (Å²) in [6, 6.07) is 14.5. The molecule has 0 bridgehead atoms. The van der Waals surface area contributed by atoms with Crippen LogP contribution in [0.1, 0.15) is 31.0 Å². The number of methoxy groups -OCH3 is 2. The Balaban J connectivity index is 2.20. The van der Waals surface area contributed by atoms with Crippen molar-refractivity contribution in [2.45, 2.75) is 26.3 Å². The van der Waals surface area contributed by atoms with E-state index >= 15 is 0 Å². The van der Waals surface area contributed by atoms with E-state index in [0.717, 1.165) is 29.2 Å². The number of hydrogen-bond acceptors (Lipinski definition) is 3. The predicted molar refractivity (Wildman–Crippen MR) is 87.4 cm³/mol. The second-order valence-electron chi connectivity index (χ2n) is 5.02. The fourth-order valence-corrected chi connectivity index (χ4v) is 2.34. The first-order valence-corrected chi connectivity index (χ1v) is 7.25. The van der Waals surface area contributed by atoms with Gasteiger partial charge in [0.05, 0.1) is 20.3 Å². The molecule has 0 radical (unpaired) electrons. The van der Waals surface area contributed by atoms with Gasteiger partial charge in [0.2, 0.25) is 0 Å². The summed E-state index contributed by atoms with van der Waals surface area (Å²) in [6.07, 6.45) is 1.06. The maximum atomic E-state index is 5.44. The Labute approximate surface area is 126 Å². The van der Waals surface area contributed by atoms with Gasteiger partial charge in [-0.3, -0.25) is 0 Å². The molecule has 3 heteroatoms. The van der Waals surface area contributed by atoms with Gasteiger partial charge < -0.3 is 14.8 Å². The molecule has 0 saturated heterocycles. The van der Waals surface area contributed by atoms with Crippen LogP contribution in [0.4, 0.5) is 5.69 Å². The summed E-state index contributed by atoms with van der Waals surface area (Å²) < 4.78 is 10.7. The lowest BCUT2D eigenvalue weighted by atomic mass is 10.1. The van der Waals surface area contributed by atoms with Crippen molar-refractivity contribution in [3.8, 4) is 11.5 Å². The Morgan fingerprint density at radius 1 is 1.00 bits per heavy atom. The normalized spacial score (nSPS) is 11.8. The summed E-state index contributed by atoms with van der Waals surface area (Å²) in [5.74, 6) is 1.70. The summed E-state index contributed by atoms with van der Waals surface area (Å²) in [7, 11) is 3.36. The van der Waals surface area contributed by atoms with Gasteiger partial charge in [0.25, 0.3) is 0 Å². The van der Waals surface area contributed by atoms with Crippen LogP contribution in [0.15, 0.2) is 42.5 Å². The standard InChI is InChI=1S/C18H23NO2/c1-5-14-6-8-15(9-7-14)19-13(2)17-12-16(20-3)10-11-18(17)21-4/h6-13,19H,5H2,1-4H3. The molecule has 0 heterocycles. The van der Waals surface area contributed by atoms with Gasteiger partial charge in [-0.2, -0.15) is 0 Å². The topological polar surface area (TPSA) is 30.5 Å². The first kappa shape index (κ1) is 15.2. The van der Waals surface area contributed by atoms with Crippen molar-refractivity contribution in [3.63, 3.8) is 0 Å². The van der Waals surface area contributed by atoms with Gasteiger partial charge in [0, 0.05) is 11.3 Å². The molecule has 0 spiro atoms. The van der Waals surface area contributed by atoms with E-state index in [1.54, 1.807) is 14.2 Å². The van der Waals surface area contributed by atoms with Gasteiger partial charge in [-0.1, -0.05) is 19.1 Å². The van der Waals surface area contributed by atoms with E-state index in [0.29, 0.717) is 0 Å². The summed E-state index contributed by atoms with van der Waals surface area (Å²) in [5, 5.41) is 3.50. The quantitative estimate of drug-likeness (QED) is 0.851. The number of aryl methyl sites for hydroxylation is 1. The van der Waals surface area contributed by atoms with Crippen molar-refractivity contribution < 1.29 is 9.47 Å². The number of benzene rings is 2. The van der Waals surface area contributed by atoms with E-state index in [9.17, 15) is 0 Å². The van der Waals surface area contributed by atoms with Crippen molar-refractivity contribution in [2.75, 3.05) is 19.5 Å². The van der Waals surface area contributed by atoms with Crippen molar-refractivity contribution in [2.24, 2.45) is 0 Å². The second kappa shape index (κ2) is 7.02. The van der Waals surface area contributed by atoms with E-state index in [1.807, 2.05) is 18.2 Å². The molecule has 0 amide bonds. The minimum atomic E-state index is 0.127. The lowest BCUT2D eigenvalue weighted by molar-refractivity contribution is 0.397. The Morgan fingerprint density at radius 3 is 2.29 bits per heavy atom. The van der Waals surface area contributed by atoms with Crippen LogP contribution in [-0.4, -0.2) is 14.2 Å². The highest BCUT2D eigenvalue weighted by Crippen LogP contribution is 2.31. The molecule has 21 heavy (non-hydrogen) atoms.